The minimum absolute atomic E-state index is 0.0325. The van der Waals surface area contributed by atoms with Crippen molar-refractivity contribution >= 4 is 23.3 Å². The highest BCUT2D eigenvalue weighted by molar-refractivity contribution is 5.94. The van der Waals surface area contributed by atoms with E-state index in [1.54, 1.807) is 14.0 Å². The number of nitrogens with one attached hydrogen (secondary N) is 1. The lowest BCUT2D eigenvalue weighted by atomic mass is 10.1. The maximum absolute atomic E-state index is 11.4. The third kappa shape index (κ3) is 3.67. The van der Waals surface area contributed by atoms with E-state index in [-0.39, 0.29) is 12.5 Å². The van der Waals surface area contributed by atoms with E-state index in [2.05, 4.69) is 5.32 Å². The Morgan fingerprint density at radius 2 is 2.10 bits per heavy atom. The van der Waals surface area contributed by atoms with Crippen LogP contribution in [0.1, 0.15) is 17.3 Å². The van der Waals surface area contributed by atoms with Crippen LogP contribution in [0.3, 0.4) is 0 Å². The highest BCUT2D eigenvalue weighted by Crippen LogP contribution is 2.24. The van der Waals surface area contributed by atoms with Crippen LogP contribution in [-0.4, -0.2) is 42.0 Å². The average Bonchev–Trinajstić information content (AvgIpc) is 2.37. The molecule has 0 heterocycles. The molecular weight excluding hydrogens is 266 g/mol. The fourth-order valence-corrected chi connectivity index (χ4v) is 1.65. The van der Waals surface area contributed by atoms with Crippen LogP contribution in [0.4, 0.5) is 11.4 Å². The van der Waals surface area contributed by atoms with Gasteiger partial charge in [0.15, 0.2) is 0 Å². The van der Waals surface area contributed by atoms with E-state index in [0.29, 0.717) is 12.2 Å². The van der Waals surface area contributed by atoms with E-state index in [9.17, 15) is 19.7 Å². The van der Waals surface area contributed by atoms with Gasteiger partial charge in [-0.15, -0.1) is 0 Å². The number of nitro benzene ring substituents is 1. The molecule has 1 aromatic rings. The second kappa shape index (κ2) is 6.50. The summed E-state index contributed by atoms with van der Waals surface area (Å²) in [5.41, 5.74) is -0.470. The molecule has 0 bridgehead atoms. The van der Waals surface area contributed by atoms with E-state index < -0.39 is 22.1 Å². The predicted molar refractivity (Wildman–Crippen MR) is 72.0 cm³/mol. The van der Waals surface area contributed by atoms with Gasteiger partial charge in [-0.1, -0.05) is 0 Å². The predicted octanol–water partition coefficient (Wildman–Crippen LogP) is 0.865. The second-order valence-electron chi connectivity index (χ2n) is 4.07. The van der Waals surface area contributed by atoms with E-state index in [0.717, 1.165) is 6.07 Å². The van der Waals surface area contributed by atoms with Crippen LogP contribution in [0.2, 0.25) is 0 Å². The number of nitro groups is 1. The molecule has 8 heteroatoms. The first-order valence-electron chi connectivity index (χ1n) is 5.86. The first kappa shape index (κ1) is 15.4. The van der Waals surface area contributed by atoms with Crippen molar-refractivity contribution in [3.05, 3.63) is 33.9 Å². The van der Waals surface area contributed by atoms with Gasteiger partial charge in [-0.2, -0.15) is 0 Å². The molecular formula is C12H15N3O5. The van der Waals surface area contributed by atoms with Crippen LogP contribution >= 0.6 is 0 Å². The fraction of sp³-hybridized carbons (Fsp3) is 0.333. The highest BCUT2D eigenvalue weighted by Gasteiger charge is 2.21. The van der Waals surface area contributed by atoms with Crippen LogP contribution in [0.15, 0.2) is 18.2 Å². The van der Waals surface area contributed by atoms with Gasteiger partial charge in [-0.05, 0) is 19.1 Å². The number of carbonyl (C=O) groups excluding carboxylic acids is 1. The van der Waals surface area contributed by atoms with Gasteiger partial charge in [0, 0.05) is 25.3 Å². The Morgan fingerprint density at radius 1 is 1.45 bits per heavy atom. The Bertz CT molecular complexity index is 544. The van der Waals surface area contributed by atoms with Crippen LogP contribution < -0.4 is 10.2 Å². The van der Waals surface area contributed by atoms with E-state index >= 15 is 0 Å². The van der Waals surface area contributed by atoms with Crippen molar-refractivity contribution in [1.82, 2.24) is 5.32 Å². The molecule has 0 atom stereocenters. The van der Waals surface area contributed by atoms with Crippen molar-refractivity contribution in [3.63, 3.8) is 0 Å². The number of rotatable bonds is 6. The first-order chi connectivity index (χ1) is 9.36. The Morgan fingerprint density at radius 3 is 2.60 bits per heavy atom. The summed E-state index contributed by atoms with van der Waals surface area (Å²) in [6, 6.07) is 3.70. The Kier molecular flexibility index (Phi) is 5.01. The van der Waals surface area contributed by atoms with Gasteiger partial charge in [0.25, 0.3) is 5.69 Å². The van der Waals surface area contributed by atoms with Crippen molar-refractivity contribution in [1.29, 1.82) is 0 Å². The first-order valence-corrected chi connectivity index (χ1v) is 5.86. The third-order valence-electron chi connectivity index (χ3n) is 2.60. The lowest BCUT2D eigenvalue weighted by Gasteiger charge is -2.18. The zero-order valence-corrected chi connectivity index (χ0v) is 11.1. The van der Waals surface area contributed by atoms with Gasteiger partial charge >= 0.3 is 5.97 Å². The van der Waals surface area contributed by atoms with Crippen LogP contribution in [0.25, 0.3) is 0 Å². The van der Waals surface area contributed by atoms with Gasteiger partial charge in [-0.25, -0.2) is 4.79 Å². The molecule has 8 nitrogen and oxygen atoms in total. The van der Waals surface area contributed by atoms with Crippen molar-refractivity contribution < 1.29 is 19.6 Å². The lowest BCUT2D eigenvalue weighted by Crippen LogP contribution is -2.35. The van der Waals surface area contributed by atoms with E-state index in [1.165, 1.54) is 17.0 Å². The third-order valence-corrected chi connectivity index (χ3v) is 2.60. The molecule has 0 fully saturated rings. The smallest absolute Gasteiger partial charge is 0.342 e. The Hall–Kier alpha value is -2.64. The number of nitrogens with zero attached hydrogens (tertiary/aromatic N) is 2. The number of carboxylic acid groups (broad SMARTS) is 1. The van der Waals surface area contributed by atoms with Crippen molar-refractivity contribution in [2.24, 2.45) is 0 Å². The topological polar surface area (TPSA) is 113 Å². The summed E-state index contributed by atoms with van der Waals surface area (Å²) in [7, 11) is 1.60. The molecule has 0 saturated carbocycles. The zero-order chi connectivity index (χ0) is 15.3. The molecule has 2 N–H and O–H groups in total. The largest absolute Gasteiger partial charge is 0.477 e. The standard InChI is InChI=1S/C12H15N3O5/c1-3-13-11(16)7-14(2)8-4-5-10(15(19)20)9(6-8)12(17)18/h4-6H,3,7H2,1-2H3,(H,13,16)(H,17,18). The summed E-state index contributed by atoms with van der Waals surface area (Å²) in [6.45, 7) is 2.31. The number of amides is 1. The molecule has 0 aliphatic heterocycles. The van der Waals surface area contributed by atoms with Crippen LogP contribution in [0.5, 0.6) is 0 Å². The Labute approximate surface area is 115 Å². The quantitative estimate of drug-likeness (QED) is 0.590. The van der Waals surface area contributed by atoms with Gasteiger partial charge in [0.1, 0.15) is 5.56 Å². The molecule has 1 aromatic carbocycles. The molecule has 0 saturated heterocycles. The molecule has 0 unspecified atom stereocenters. The van der Waals surface area contributed by atoms with Gasteiger partial charge in [0.2, 0.25) is 5.91 Å². The van der Waals surface area contributed by atoms with Crippen molar-refractivity contribution in [3.8, 4) is 0 Å². The van der Waals surface area contributed by atoms with Crippen LogP contribution in [0, 0.1) is 10.1 Å². The molecule has 1 rings (SSSR count). The molecule has 0 aromatic heterocycles. The summed E-state index contributed by atoms with van der Waals surface area (Å²) in [4.78, 5) is 34.0. The minimum Gasteiger partial charge on any atom is -0.477 e. The number of hydrogen-bond donors (Lipinski definition) is 2. The highest BCUT2D eigenvalue weighted by atomic mass is 16.6. The lowest BCUT2D eigenvalue weighted by molar-refractivity contribution is -0.385. The summed E-state index contributed by atoms with van der Waals surface area (Å²) >= 11 is 0. The van der Waals surface area contributed by atoms with E-state index in [1.807, 2.05) is 0 Å². The van der Waals surface area contributed by atoms with Crippen molar-refractivity contribution in [2.45, 2.75) is 6.92 Å². The maximum atomic E-state index is 11.4. The maximum Gasteiger partial charge on any atom is 0.342 e. The summed E-state index contributed by atoms with van der Waals surface area (Å²) in [5, 5.41) is 22.3. The number of anilines is 1. The number of carboxylic acids is 1. The van der Waals surface area contributed by atoms with Crippen molar-refractivity contribution in [2.75, 3.05) is 25.0 Å². The van der Waals surface area contributed by atoms with Gasteiger partial charge in [-0.3, -0.25) is 14.9 Å². The summed E-state index contributed by atoms with van der Waals surface area (Å²) in [5.74, 6) is -1.60. The monoisotopic (exact) mass is 281 g/mol. The normalized spacial score (nSPS) is 9.90. The number of aromatic carboxylic acids is 1. The molecule has 0 spiro atoms. The second-order valence-corrected chi connectivity index (χ2v) is 4.07. The van der Waals surface area contributed by atoms with Crippen LogP contribution in [-0.2, 0) is 4.79 Å². The number of likely N-dealkylation sites (N-methyl/N-ethyl adjacent to an activating group) is 2. The Balaban J connectivity index is 3.02. The summed E-state index contributed by atoms with van der Waals surface area (Å²) in [6.07, 6.45) is 0. The average molecular weight is 281 g/mol. The molecule has 1 amide bonds. The van der Waals surface area contributed by atoms with E-state index in [4.69, 9.17) is 5.11 Å². The fourth-order valence-electron chi connectivity index (χ4n) is 1.65. The molecule has 0 aliphatic carbocycles. The number of hydrogen-bond acceptors (Lipinski definition) is 5. The zero-order valence-electron chi connectivity index (χ0n) is 11.1. The van der Waals surface area contributed by atoms with Gasteiger partial charge < -0.3 is 15.3 Å². The summed E-state index contributed by atoms with van der Waals surface area (Å²) < 4.78 is 0. The minimum atomic E-state index is -1.38. The number of benzene rings is 1. The molecule has 0 radical (unpaired) electrons. The number of carbonyl (C=O) groups is 2. The molecule has 108 valence electrons. The SMILES string of the molecule is CCNC(=O)CN(C)c1ccc([N+](=O)[O-])c(C(=O)O)c1. The molecule has 0 aliphatic rings. The molecule has 20 heavy (non-hydrogen) atoms. The van der Waals surface area contributed by atoms with Gasteiger partial charge in [0.05, 0.1) is 11.5 Å².